The summed E-state index contributed by atoms with van der Waals surface area (Å²) in [4.78, 5) is 20.6. The second kappa shape index (κ2) is 5.27. The molecule has 2 rings (SSSR count). The van der Waals surface area contributed by atoms with E-state index in [2.05, 4.69) is 10.5 Å². The van der Waals surface area contributed by atoms with Gasteiger partial charge in [-0.3, -0.25) is 14.2 Å². The SMILES string of the molecule is CCONC(=O)c1cncn1-c1ccccc1. The van der Waals surface area contributed by atoms with Crippen molar-refractivity contribution in [1.29, 1.82) is 0 Å². The van der Waals surface area contributed by atoms with Gasteiger partial charge in [0.05, 0.1) is 19.1 Å². The highest BCUT2D eigenvalue weighted by Gasteiger charge is 2.12. The Morgan fingerprint density at radius 2 is 2.18 bits per heavy atom. The van der Waals surface area contributed by atoms with E-state index in [0.29, 0.717) is 12.3 Å². The van der Waals surface area contributed by atoms with E-state index < -0.39 is 0 Å². The maximum absolute atomic E-state index is 11.8. The number of amides is 1. The zero-order valence-electron chi connectivity index (χ0n) is 9.46. The monoisotopic (exact) mass is 231 g/mol. The number of benzene rings is 1. The smallest absolute Gasteiger partial charge is 0.293 e. The van der Waals surface area contributed by atoms with E-state index in [1.165, 1.54) is 6.20 Å². The zero-order valence-corrected chi connectivity index (χ0v) is 9.46. The molecule has 1 amide bonds. The van der Waals surface area contributed by atoms with E-state index in [9.17, 15) is 4.79 Å². The van der Waals surface area contributed by atoms with Gasteiger partial charge < -0.3 is 0 Å². The normalized spacial score (nSPS) is 10.2. The molecule has 0 saturated carbocycles. The molecule has 0 aliphatic rings. The zero-order chi connectivity index (χ0) is 12.1. The van der Waals surface area contributed by atoms with Crippen molar-refractivity contribution in [2.24, 2.45) is 0 Å². The lowest BCUT2D eigenvalue weighted by Gasteiger charge is -2.07. The Morgan fingerprint density at radius 3 is 2.88 bits per heavy atom. The van der Waals surface area contributed by atoms with Crippen LogP contribution in [0.3, 0.4) is 0 Å². The predicted octanol–water partition coefficient (Wildman–Crippen LogP) is 1.55. The van der Waals surface area contributed by atoms with Crippen molar-refractivity contribution in [3.05, 3.63) is 48.5 Å². The van der Waals surface area contributed by atoms with Crippen molar-refractivity contribution < 1.29 is 9.63 Å². The average Bonchev–Trinajstić information content (AvgIpc) is 2.86. The molecule has 0 spiro atoms. The van der Waals surface area contributed by atoms with Crippen molar-refractivity contribution >= 4 is 5.91 Å². The summed E-state index contributed by atoms with van der Waals surface area (Å²) in [6.45, 7) is 2.22. The minimum Gasteiger partial charge on any atom is -0.295 e. The second-order valence-corrected chi connectivity index (χ2v) is 3.35. The summed E-state index contributed by atoms with van der Waals surface area (Å²) in [7, 11) is 0. The molecule has 0 unspecified atom stereocenters. The molecule has 5 nitrogen and oxygen atoms in total. The van der Waals surface area contributed by atoms with Crippen LogP contribution in [0.2, 0.25) is 0 Å². The molecule has 17 heavy (non-hydrogen) atoms. The number of carbonyl (C=O) groups excluding carboxylic acids is 1. The van der Waals surface area contributed by atoms with Gasteiger partial charge >= 0.3 is 0 Å². The van der Waals surface area contributed by atoms with E-state index >= 15 is 0 Å². The highest BCUT2D eigenvalue weighted by Crippen LogP contribution is 2.10. The standard InChI is InChI=1S/C12H13N3O2/c1-2-17-14-12(16)11-8-13-9-15(11)10-6-4-3-5-7-10/h3-9H,2H2,1H3,(H,14,16). The highest BCUT2D eigenvalue weighted by atomic mass is 16.6. The lowest BCUT2D eigenvalue weighted by molar-refractivity contribution is 0.0358. The van der Waals surface area contributed by atoms with Gasteiger partial charge in [-0.25, -0.2) is 10.5 Å². The Morgan fingerprint density at radius 1 is 1.41 bits per heavy atom. The third-order valence-electron chi connectivity index (χ3n) is 2.21. The molecule has 0 bridgehead atoms. The molecular weight excluding hydrogens is 218 g/mol. The van der Waals surface area contributed by atoms with Gasteiger partial charge in [0.25, 0.3) is 5.91 Å². The molecule has 0 radical (unpaired) electrons. The number of rotatable bonds is 4. The fourth-order valence-electron chi connectivity index (χ4n) is 1.45. The van der Waals surface area contributed by atoms with Gasteiger partial charge in [0, 0.05) is 5.69 Å². The topological polar surface area (TPSA) is 56.1 Å². The van der Waals surface area contributed by atoms with Crippen LogP contribution in [0.15, 0.2) is 42.9 Å². The van der Waals surface area contributed by atoms with E-state index in [-0.39, 0.29) is 5.91 Å². The number of carbonyl (C=O) groups is 1. The highest BCUT2D eigenvalue weighted by molar-refractivity contribution is 5.92. The number of hydroxylamine groups is 1. The molecule has 0 aliphatic heterocycles. The van der Waals surface area contributed by atoms with E-state index in [1.807, 2.05) is 30.3 Å². The average molecular weight is 231 g/mol. The Labute approximate surface area is 99.0 Å². The van der Waals surface area contributed by atoms with Crippen molar-refractivity contribution in [3.8, 4) is 5.69 Å². The Balaban J connectivity index is 2.26. The first-order valence-electron chi connectivity index (χ1n) is 5.33. The molecule has 2 aromatic rings. The van der Waals surface area contributed by atoms with Gasteiger partial charge in [-0.2, -0.15) is 0 Å². The van der Waals surface area contributed by atoms with Crippen LogP contribution in [0.4, 0.5) is 0 Å². The first-order chi connectivity index (χ1) is 8.33. The van der Waals surface area contributed by atoms with Gasteiger partial charge in [0.1, 0.15) is 5.69 Å². The second-order valence-electron chi connectivity index (χ2n) is 3.35. The fraction of sp³-hybridized carbons (Fsp3) is 0.167. The summed E-state index contributed by atoms with van der Waals surface area (Å²) in [5, 5.41) is 0. The Hall–Kier alpha value is -2.14. The lowest BCUT2D eigenvalue weighted by atomic mass is 10.3. The molecular formula is C12H13N3O2. The summed E-state index contributed by atoms with van der Waals surface area (Å²) in [5.41, 5.74) is 3.66. The summed E-state index contributed by atoms with van der Waals surface area (Å²) in [6.07, 6.45) is 3.09. The molecule has 1 aromatic heterocycles. The summed E-state index contributed by atoms with van der Waals surface area (Å²) >= 11 is 0. The largest absolute Gasteiger partial charge is 0.295 e. The molecule has 0 atom stereocenters. The number of aromatic nitrogens is 2. The summed E-state index contributed by atoms with van der Waals surface area (Å²) in [5.74, 6) is -0.312. The maximum Gasteiger partial charge on any atom is 0.293 e. The van der Waals surface area contributed by atoms with E-state index in [1.54, 1.807) is 17.8 Å². The van der Waals surface area contributed by atoms with Crippen molar-refractivity contribution in [1.82, 2.24) is 15.0 Å². The molecule has 0 saturated heterocycles. The van der Waals surface area contributed by atoms with Gasteiger partial charge in [-0.05, 0) is 19.1 Å². The van der Waals surface area contributed by atoms with Gasteiger partial charge in [-0.15, -0.1) is 0 Å². The number of hydrogen-bond donors (Lipinski definition) is 1. The van der Waals surface area contributed by atoms with Crippen LogP contribution in [-0.2, 0) is 4.84 Å². The molecule has 0 aliphatic carbocycles. The number of para-hydroxylation sites is 1. The van der Waals surface area contributed by atoms with Crippen molar-refractivity contribution in [3.63, 3.8) is 0 Å². The van der Waals surface area contributed by atoms with Gasteiger partial charge in [0.2, 0.25) is 0 Å². The van der Waals surface area contributed by atoms with Crippen LogP contribution in [0, 0.1) is 0 Å². The predicted molar refractivity (Wildman–Crippen MR) is 62.7 cm³/mol. The number of nitrogens with zero attached hydrogens (tertiary/aromatic N) is 2. The van der Waals surface area contributed by atoms with Crippen molar-refractivity contribution in [2.75, 3.05) is 6.61 Å². The number of nitrogens with one attached hydrogen (secondary N) is 1. The first kappa shape index (κ1) is 11.3. The third-order valence-corrected chi connectivity index (χ3v) is 2.21. The molecule has 1 aromatic carbocycles. The summed E-state index contributed by atoms with van der Waals surface area (Å²) in [6, 6.07) is 9.53. The van der Waals surface area contributed by atoms with Crippen LogP contribution in [0.1, 0.15) is 17.4 Å². The molecule has 88 valence electrons. The van der Waals surface area contributed by atoms with Crippen molar-refractivity contribution in [2.45, 2.75) is 6.92 Å². The molecule has 0 fully saturated rings. The molecule has 1 N–H and O–H groups in total. The Bertz CT molecular complexity index is 493. The van der Waals surface area contributed by atoms with Crippen LogP contribution in [0.5, 0.6) is 0 Å². The van der Waals surface area contributed by atoms with Gasteiger partial charge in [0.15, 0.2) is 0 Å². The first-order valence-corrected chi connectivity index (χ1v) is 5.33. The van der Waals surface area contributed by atoms with Crippen LogP contribution >= 0.6 is 0 Å². The van der Waals surface area contributed by atoms with Crippen LogP contribution in [0.25, 0.3) is 5.69 Å². The minimum absolute atomic E-state index is 0.312. The van der Waals surface area contributed by atoms with Crippen LogP contribution < -0.4 is 5.48 Å². The Kier molecular flexibility index (Phi) is 3.52. The minimum atomic E-state index is -0.312. The number of hydrogen-bond acceptors (Lipinski definition) is 3. The molecule has 5 heteroatoms. The lowest BCUT2D eigenvalue weighted by Crippen LogP contribution is -2.25. The van der Waals surface area contributed by atoms with E-state index in [0.717, 1.165) is 5.69 Å². The fourth-order valence-corrected chi connectivity index (χ4v) is 1.45. The van der Waals surface area contributed by atoms with E-state index in [4.69, 9.17) is 4.84 Å². The summed E-state index contributed by atoms with van der Waals surface area (Å²) < 4.78 is 1.70. The van der Waals surface area contributed by atoms with Gasteiger partial charge in [-0.1, -0.05) is 18.2 Å². The molecule has 1 heterocycles. The quantitative estimate of drug-likeness (QED) is 0.812. The number of imidazole rings is 1. The maximum atomic E-state index is 11.8. The third kappa shape index (κ3) is 2.51. The van der Waals surface area contributed by atoms with Crippen LogP contribution in [-0.4, -0.2) is 22.1 Å².